The van der Waals surface area contributed by atoms with Crippen LogP contribution >= 0.6 is 0 Å². The molecule has 2 aromatic heterocycles. The van der Waals surface area contributed by atoms with Gasteiger partial charge in [0.15, 0.2) is 5.78 Å². The summed E-state index contributed by atoms with van der Waals surface area (Å²) in [4.78, 5) is 30.4. The van der Waals surface area contributed by atoms with Gasteiger partial charge in [0.2, 0.25) is 0 Å². The maximum Gasteiger partial charge on any atom is 0.349 e. The largest absolute Gasteiger partial charge is 0.457 e. The Hall–Kier alpha value is -3.80. The predicted octanol–water partition coefficient (Wildman–Crippen LogP) is 6.13. The van der Waals surface area contributed by atoms with E-state index in [-0.39, 0.29) is 5.56 Å². The van der Waals surface area contributed by atoms with E-state index in [1.807, 2.05) is 55.1 Å². The van der Waals surface area contributed by atoms with E-state index in [0.29, 0.717) is 30.1 Å². The molecule has 0 bridgehead atoms. The second kappa shape index (κ2) is 10.00. The topological polar surface area (TPSA) is 66.9 Å². The zero-order valence-corrected chi connectivity index (χ0v) is 20.1. The zero-order chi connectivity index (χ0) is 24.2. The van der Waals surface area contributed by atoms with Gasteiger partial charge in [-0.3, -0.25) is 4.79 Å². The number of anilines is 2. The maximum atomic E-state index is 13.3. The Labute approximate surface area is 199 Å². The molecule has 0 amide bonds. The van der Waals surface area contributed by atoms with Gasteiger partial charge in [0.05, 0.1) is 5.69 Å². The van der Waals surface area contributed by atoms with Crippen LogP contribution in [-0.2, 0) is 0 Å². The summed E-state index contributed by atoms with van der Waals surface area (Å²) in [5, 5.41) is 1.70. The normalized spacial score (nSPS) is 11.5. The molecule has 4 aromatic rings. The van der Waals surface area contributed by atoms with E-state index in [1.54, 1.807) is 12.1 Å². The van der Waals surface area contributed by atoms with Crippen molar-refractivity contribution in [3.8, 4) is 0 Å². The summed E-state index contributed by atoms with van der Waals surface area (Å²) >= 11 is 0. The third-order valence-corrected chi connectivity index (χ3v) is 6.16. The Morgan fingerprint density at radius 3 is 2.26 bits per heavy atom. The first-order chi connectivity index (χ1) is 16.5. The van der Waals surface area contributed by atoms with Crippen LogP contribution in [-0.4, -0.2) is 32.0 Å². The lowest BCUT2D eigenvalue weighted by molar-refractivity contribution is 0.104. The molecule has 4 rings (SSSR count). The van der Waals surface area contributed by atoms with Gasteiger partial charge in [-0.1, -0.05) is 12.1 Å². The summed E-state index contributed by atoms with van der Waals surface area (Å²) in [5.41, 5.74) is 2.33. The Balaban J connectivity index is 1.72. The number of carbonyl (C=O) groups is 1. The number of fused-ring (bicyclic) bond motifs is 2. The van der Waals surface area contributed by atoms with Crippen molar-refractivity contribution in [2.75, 3.05) is 36.0 Å². The highest BCUT2D eigenvalue weighted by atomic mass is 16.4. The fourth-order valence-electron chi connectivity index (χ4n) is 4.37. The molecule has 0 fully saturated rings. The highest BCUT2D eigenvalue weighted by molar-refractivity contribution is 6.14. The fraction of sp³-hybridized carbons (Fsp3) is 0.286. The van der Waals surface area contributed by atoms with Crippen molar-refractivity contribution in [3.63, 3.8) is 0 Å². The molecule has 0 N–H and O–H groups in total. The van der Waals surface area contributed by atoms with Crippen LogP contribution in [0.5, 0.6) is 0 Å². The van der Waals surface area contributed by atoms with Gasteiger partial charge in [0.25, 0.3) is 0 Å². The second-order valence-electron chi connectivity index (χ2n) is 8.02. The van der Waals surface area contributed by atoms with Crippen molar-refractivity contribution in [2.24, 2.45) is 0 Å². The summed E-state index contributed by atoms with van der Waals surface area (Å²) in [6.07, 6.45) is 3.00. The SMILES string of the molecule is CCN(CC)c1ccc2cc(C=CC(=O)c3c(N(CC)CC)c4ccccc4oc3=O)oc2c1. The van der Waals surface area contributed by atoms with Gasteiger partial charge in [0, 0.05) is 48.7 Å². The van der Waals surface area contributed by atoms with Gasteiger partial charge in [-0.2, -0.15) is 0 Å². The Morgan fingerprint density at radius 1 is 0.853 bits per heavy atom. The van der Waals surface area contributed by atoms with Crippen LogP contribution in [0, 0.1) is 0 Å². The summed E-state index contributed by atoms with van der Waals surface area (Å²) < 4.78 is 11.5. The molecule has 6 heteroatoms. The molecule has 6 nitrogen and oxygen atoms in total. The predicted molar refractivity (Wildman–Crippen MR) is 139 cm³/mol. The number of rotatable bonds is 9. The first-order valence-corrected chi connectivity index (χ1v) is 11.8. The molecular weight excluding hydrogens is 428 g/mol. The quantitative estimate of drug-likeness (QED) is 0.171. The van der Waals surface area contributed by atoms with E-state index >= 15 is 0 Å². The Morgan fingerprint density at radius 2 is 1.56 bits per heavy atom. The maximum absolute atomic E-state index is 13.3. The van der Waals surface area contributed by atoms with E-state index in [1.165, 1.54) is 6.08 Å². The average Bonchev–Trinajstić information content (AvgIpc) is 3.26. The number of furan rings is 1. The molecule has 0 atom stereocenters. The number of allylic oxidation sites excluding steroid dienone is 1. The fourth-order valence-corrected chi connectivity index (χ4v) is 4.37. The molecule has 176 valence electrons. The van der Waals surface area contributed by atoms with Gasteiger partial charge in [0.1, 0.15) is 22.5 Å². The van der Waals surface area contributed by atoms with Crippen molar-refractivity contribution in [1.82, 2.24) is 0 Å². The molecule has 34 heavy (non-hydrogen) atoms. The van der Waals surface area contributed by atoms with Crippen molar-refractivity contribution >= 4 is 45.2 Å². The third-order valence-electron chi connectivity index (χ3n) is 6.16. The molecule has 0 saturated carbocycles. The number of para-hydroxylation sites is 1. The minimum Gasteiger partial charge on any atom is -0.457 e. The molecule has 2 aromatic carbocycles. The first kappa shape index (κ1) is 23.4. The van der Waals surface area contributed by atoms with Gasteiger partial charge < -0.3 is 18.6 Å². The smallest absolute Gasteiger partial charge is 0.349 e. The summed E-state index contributed by atoms with van der Waals surface area (Å²) in [5.74, 6) is 0.139. The average molecular weight is 459 g/mol. The van der Waals surface area contributed by atoms with Gasteiger partial charge in [-0.05, 0) is 70.2 Å². The van der Waals surface area contributed by atoms with Crippen LogP contribution in [0.1, 0.15) is 43.8 Å². The van der Waals surface area contributed by atoms with Crippen molar-refractivity contribution in [1.29, 1.82) is 0 Å². The monoisotopic (exact) mass is 458 g/mol. The van der Waals surface area contributed by atoms with Crippen LogP contribution in [0.2, 0.25) is 0 Å². The second-order valence-corrected chi connectivity index (χ2v) is 8.02. The molecule has 0 aliphatic rings. The van der Waals surface area contributed by atoms with Crippen molar-refractivity contribution < 1.29 is 13.6 Å². The number of ketones is 1. The lowest BCUT2D eigenvalue weighted by atomic mass is 10.0. The molecule has 0 spiro atoms. The van der Waals surface area contributed by atoms with E-state index in [9.17, 15) is 9.59 Å². The summed E-state index contributed by atoms with van der Waals surface area (Å²) in [6, 6.07) is 15.3. The lowest BCUT2D eigenvalue weighted by Crippen LogP contribution is -2.27. The third kappa shape index (κ3) is 4.36. The van der Waals surface area contributed by atoms with Gasteiger partial charge in [-0.15, -0.1) is 0 Å². The number of benzene rings is 2. The highest BCUT2D eigenvalue weighted by Crippen LogP contribution is 2.30. The summed E-state index contributed by atoms with van der Waals surface area (Å²) in [7, 11) is 0. The highest BCUT2D eigenvalue weighted by Gasteiger charge is 2.22. The molecule has 0 saturated heterocycles. The van der Waals surface area contributed by atoms with E-state index in [4.69, 9.17) is 8.83 Å². The minimum atomic E-state index is -0.635. The molecule has 0 aliphatic carbocycles. The van der Waals surface area contributed by atoms with E-state index in [2.05, 4.69) is 24.8 Å². The number of hydrogen-bond acceptors (Lipinski definition) is 6. The van der Waals surface area contributed by atoms with Gasteiger partial charge in [-0.25, -0.2) is 4.79 Å². The molecular formula is C28H30N2O4. The minimum absolute atomic E-state index is 0.0404. The van der Waals surface area contributed by atoms with Crippen LogP contribution < -0.4 is 15.4 Å². The van der Waals surface area contributed by atoms with Crippen molar-refractivity contribution in [2.45, 2.75) is 27.7 Å². The number of nitrogens with zero attached hydrogens (tertiary/aromatic N) is 2. The van der Waals surface area contributed by atoms with Crippen LogP contribution in [0.25, 0.3) is 28.0 Å². The van der Waals surface area contributed by atoms with Crippen LogP contribution in [0.3, 0.4) is 0 Å². The summed E-state index contributed by atoms with van der Waals surface area (Å²) in [6.45, 7) is 11.4. The molecule has 0 radical (unpaired) electrons. The van der Waals surface area contributed by atoms with Crippen LogP contribution in [0.4, 0.5) is 11.4 Å². The molecule has 2 heterocycles. The van der Waals surface area contributed by atoms with Crippen LogP contribution in [0.15, 0.2) is 68.2 Å². The lowest BCUT2D eigenvalue weighted by Gasteiger charge is -2.24. The van der Waals surface area contributed by atoms with Crippen molar-refractivity contribution in [3.05, 3.63) is 76.4 Å². The van der Waals surface area contributed by atoms with Gasteiger partial charge >= 0.3 is 5.63 Å². The Bertz CT molecular complexity index is 1410. The van der Waals surface area contributed by atoms with E-state index in [0.717, 1.165) is 35.1 Å². The number of hydrogen-bond donors (Lipinski definition) is 0. The zero-order valence-electron chi connectivity index (χ0n) is 20.1. The Kier molecular flexibility index (Phi) is 6.87. The molecule has 0 aliphatic heterocycles. The number of carbonyl (C=O) groups excluding carboxylic acids is 1. The molecule has 0 unspecified atom stereocenters. The first-order valence-electron chi connectivity index (χ1n) is 11.8. The van der Waals surface area contributed by atoms with E-state index < -0.39 is 11.4 Å². The standard InChI is InChI=1S/C28H30N2O4/c1-5-29(6-2)20-14-13-19-17-21(33-25(19)18-20)15-16-23(31)26-27(30(7-3)8-4)22-11-9-10-12-24(22)34-28(26)32/h9-18H,5-8H2,1-4H3.